The van der Waals surface area contributed by atoms with Crippen LogP contribution >= 0.6 is 0 Å². The average Bonchev–Trinajstić information content (AvgIpc) is 2.37. The van der Waals surface area contributed by atoms with Crippen molar-refractivity contribution >= 4 is 11.8 Å². The molecule has 5 nitrogen and oxygen atoms in total. The van der Waals surface area contributed by atoms with E-state index < -0.39 is 0 Å². The molecule has 0 aliphatic heterocycles. The second kappa shape index (κ2) is 7.84. The molecule has 1 N–H and O–H groups in total. The Morgan fingerprint density at radius 1 is 1.35 bits per heavy atom. The van der Waals surface area contributed by atoms with Gasteiger partial charge in [-0.15, -0.1) is 0 Å². The van der Waals surface area contributed by atoms with Crippen LogP contribution in [0.25, 0.3) is 0 Å². The van der Waals surface area contributed by atoms with E-state index in [4.69, 9.17) is 4.74 Å². The minimum Gasteiger partial charge on any atom is -0.385 e. The molecule has 0 saturated carbocycles. The Morgan fingerprint density at radius 2 is 2.12 bits per heavy atom. The van der Waals surface area contributed by atoms with E-state index in [1.165, 1.54) is 0 Å². The molecule has 0 aliphatic carbocycles. The van der Waals surface area contributed by atoms with Crippen molar-refractivity contribution in [1.29, 1.82) is 0 Å². The maximum absolute atomic E-state index is 4.99. The van der Waals surface area contributed by atoms with Gasteiger partial charge in [-0.2, -0.15) is 4.98 Å². The molecule has 0 saturated heterocycles. The number of nitrogens with one attached hydrogen (secondary N) is 1. The second-order valence-electron chi connectivity index (χ2n) is 3.68. The molecule has 0 spiro atoms. The van der Waals surface area contributed by atoms with Gasteiger partial charge in [0.2, 0.25) is 5.95 Å². The molecule has 0 bridgehead atoms. The van der Waals surface area contributed by atoms with Crippen molar-refractivity contribution in [2.24, 2.45) is 0 Å². The highest BCUT2D eigenvalue weighted by molar-refractivity contribution is 5.42. The number of nitrogens with zero attached hydrogens (tertiary/aromatic N) is 3. The number of hydrogen-bond acceptors (Lipinski definition) is 5. The monoisotopic (exact) mass is 238 g/mol. The van der Waals surface area contributed by atoms with Crippen LogP contribution in [-0.2, 0) is 4.74 Å². The van der Waals surface area contributed by atoms with Gasteiger partial charge in [0.1, 0.15) is 5.82 Å². The van der Waals surface area contributed by atoms with Crippen LogP contribution in [0.4, 0.5) is 11.8 Å². The van der Waals surface area contributed by atoms with E-state index in [2.05, 4.69) is 34.0 Å². The molecule has 5 heteroatoms. The fourth-order valence-corrected chi connectivity index (χ4v) is 1.57. The Hall–Kier alpha value is -1.36. The number of anilines is 2. The van der Waals surface area contributed by atoms with Crippen molar-refractivity contribution in [2.45, 2.75) is 20.3 Å². The van der Waals surface area contributed by atoms with Gasteiger partial charge in [-0.05, 0) is 26.3 Å². The summed E-state index contributed by atoms with van der Waals surface area (Å²) >= 11 is 0. The fourth-order valence-electron chi connectivity index (χ4n) is 1.57. The summed E-state index contributed by atoms with van der Waals surface area (Å²) < 4.78 is 4.99. The van der Waals surface area contributed by atoms with E-state index in [9.17, 15) is 0 Å². The van der Waals surface area contributed by atoms with E-state index in [1.54, 1.807) is 13.3 Å². The number of methoxy groups -OCH3 is 1. The third-order valence-electron chi connectivity index (χ3n) is 2.54. The molecule has 0 amide bonds. The van der Waals surface area contributed by atoms with Crippen LogP contribution in [0.3, 0.4) is 0 Å². The first-order valence-corrected chi connectivity index (χ1v) is 6.12. The average molecular weight is 238 g/mol. The maximum Gasteiger partial charge on any atom is 0.224 e. The summed E-state index contributed by atoms with van der Waals surface area (Å²) in [7, 11) is 1.71. The van der Waals surface area contributed by atoms with Crippen LogP contribution < -0.4 is 10.2 Å². The van der Waals surface area contributed by atoms with E-state index in [1.807, 2.05) is 6.07 Å². The van der Waals surface area contributed by atoms with Gasteiger partial charge in [-0.25, -0.2) is 4.98 Å². The Morgan fingerprint density at radius 3 is 2.76 bits per heavy atom. The molecule has 1 aromatic heterocycles. The third-order valence-corrected chi connectivity index (χ3v) is 2.54. The molecule has 96 valence electrons. The number of rotatable bonds is 8. The number of aromatic nitrogens is 2. The highest BCUT2D eigenvalue weighted by Crippen LogP contribution is 2.11. The van der Waals surface area contributed by atoms with Gasteiger partial charge < -0.3 is 15.0 Å². The van der Waals surface area contributed by atoms with Crippen LogP contribution in [0.5, 0.6) is 0 Å². The van der Waals surface area contributed by atoms with Crippen molar-refractivity contribution in [2.75, 3.05) is 43.6 Å². The summed E-state index contributed by atoms with van der Waals surface area (Å²) in [5, 5.41) is 3.19. The van der Waals surface area contributed by atoms with Crippen molar-refractivity contribution in [3.05, 3.63) is 12.3 Å². The molecule has 0 fully saturated rings. The minimum atomic E-state index is 0.686. The van der Waals surface area contributed by atoms with Crippen molar-refractivity contribution in [3.8, 4) is 0 Å². The van der Waals surface area contributed by atoms with E-state index in [0.717, 1.165) is 38.5 Å². The van der Waals surface area contributed by atoms with Crippen LogP contribution in [-0.4, -0.2) is 43.3 Å². The van der Waals surface area contributed by atoms with Crippen molar-refractivity contribution in [1.82, 2.24) is 9.97 Å². The number of hydrogen-bond donors (Lipinski definition) is 1. The zero-order valence-corrected chi connectivity index (χ0v) is 10.9. The molecule has 0 aromatic carbocycles. The van der Waals surface area contributed by atoms with Gasteiger partial charge in [0, 0.05) is 39.5 Å². The lowest BCUT2D eigenvalue weighted by atomic mass is 10.4. The van der Waals surface area contributed by atoms with Crippen LogP contribution in [0.1, 0.15) is 20.3 Å². The summed E-state index contributed by atoms with van der Waals surface area (Å²) in [6.07, 6.45) is 2.74. The summed E-state index contributed by atoms with van der Waals surface area (Å²) in [6, 6.07) is 1.94. The fraction of sp³-hybridized carbons (Fsp3) is 0.667. The molecular weight excluding hydrogens is 216 g/mol. The Labute approximate surface area is 103 Å². The van der Waals surface area contributed by atoms with E-state index in [-0.39, 0.29) is 0 Å². The standard InChI is InChI=1S/C12H22N4O/c1-4-16(5-2)11-7-9-14-12(15-11)13-8-6-10-17-3/h7,9H,4-6,8,10H2,1-3H3,(H,13,14,15). The first kappa shape index (κ1) is 13.7. The molecule has 1 heterocycles. The Bertz CT molecular complexity index is 315. The van der Waals surface area contributed by atoms with E-state index in [0.29, 0.717) is 5.95 Å². The predicted molar refractivity (Wildman–Crippen MR) is 70.6 cm³/mol. The Kier molecular flexibility index (Phi) is 6.32. The third kappa shape index (κ3) is 4.56. The predicted octanol–water partition coefficient (Wildman–Crippen LogP) is 1.77. The normalized spacial score (nSPS) is 10.3. The van der Waals surface area contributed by atoms with Gasteiger partial charge in [0.25, 0.3) is 0 Å². The first-order valence-electron chi connectivity index (χ1n) is 6.12. The molecule has 17 heavy (non-hydrogen) atoms. The molecule has 1 rings (SSSR count). The summed E-state index contributed by atoms with van der Waals surface area (Å²) in [4.78, 5) is 10.9. The molecule has 0 atom stereocenters. The van der Waals surface area contributed by atoms with Crippen molar-refractivity contribution < 1.29 is 4.74 Å². The largest absolute Gasteiger partial charge is 0.385 e. The minimum absolute atomic E-state index is 0.686. The smallest absolute Gasteiger partial charge is 0.224 e. The molecular formula is C12H22N4O. The quantitative estimate of drug-likeness (QED) is 0.699. The van der Waals surface area contributed by atoms with Crippen LogP contribution in [0, 0.1) is 0 Å². The van der Waals surface area contributed by atoms with Gasteiger partial charge >= 0.3 is 0 Å². The highest BCUT2D eigenvalue weighted by Gasteiger charge is 2.04. The zero-order chi connectivity index (χ0) is 12.5. The van der Waals surface area contributed by atoms with Crippen LogP contribution in [0.2, 0.25) is 0 Å². The first-order chi connectivity index (χ1) is 8.31. The van der Waals surface area contributed by atoms with Gasteiger partial charge in [-0.3, -0.25) is 0 Å². The molecule has 0 radical (unpaired) electrons. The SMILES string of the molecule is CCN(CC)c1ccnc(NCCCOC)n1. The summed E-state index contributed by atoms with van der Waals surface area (Å²) in [5.74, 6) is 1.66. The second-order valence-corrected chi connectivity index (χ2v) is 3.68. The maximum atomic E-state index is 4.99. The van der Waals surface area contributed by atoms with Gasteiger partial charge in [-0.1, -0.05) is 0 Å². The van der Waals surface area contributed by atoms with Crippen LogP contribution in [0.15, 0.2) is 12.3 Å². The summed E-state index contributed by atoms with van der Waals surface area (Å²) in [5.41, 5.74) is 0. The number of ether oxygens (including phenoxy) is 1. The lowest BCUT2D eigenvalue weighted by Gasteiger charge is -2.19. The zero-order valence-electron chi connectivity index (χ0n) is 10.9. The lowest BCUT2D eigenvalue weighted by molar-refractivity contribution is 0.197. The summed E-state index contributed by atoms with van der Waals surface area (Å²) in [6.45, 7) is 7.74. The molecule has 0 aliphatic rings. The van der Waals surface area contributed by atoms with Gasteiger partial charge in [0.05, 0.1) is 0 Å². The van der Waals surface area contributed by atoms with Crippen molar-refractivity contribution in [3.63, 3.8) is 0 Å². The topological polar surface area (TPSA) is 50.3 Å². The molecule has 1 aromatic rings. The Balaban J connectivity index is 2.53. The van der Waals surface area contributed by atoms with Gasteiger partial charge in [0.15, 0.2) is 0 Å². The highest BCUT2D eigenvalue weighted by atomic mass is 16.5. The van der Waals surface area contributed by atoms with E-state index >= 15 is 0 Å². The molecule has 0 unspecified atom stereocenters. The lowest BCUT2D eigenvalue weighted by Crippen LogP contribution is -2.23.